The van der Waals surface area contributed by atoms with Crippen molar-refractivity contribution in [3.63, 3.8) is 0 Å². The number of amides is 1. The predicted molar refractivity (Wildman–Crippen MR) is 329 cm³/mol. The van der Waals surface area contributed by atoms with E-state index in [0.29, 0.717) is 12.8 Å². The number of hydrogen-bond acceptors (Lipinski definition) is 10. The zero-order chi connectivity index (χ0) is 57.5. The van der Waals surface area contributed by atoms with Crippen LogP contribution in [0.2, 0.25) is 0 Å². The van der Waals surface area contributed by atoms with Crippen molar-refractivity contribution in [1.82, 2.24) is 5.32 Å². The van der Waals surface area contributed by atoms with Crippen LogP contribution >= 0.6 is 0 Å². The Hall–Kier alpha value is -3.42. The van der Waals surface area contributed by atoms with Gasteiger partial charge in [-0.1, -0.05) is 259 Å². The number of carbonyl (C=O) groups excluding carboxylic acids is 2. The summed E-state index contributed by atoms with van der Waals surface area (Å²) in [5.41, 5.74) is 0. The molecule has 1 fully saturated rings. The molecule has 1 amide bonds. The van der Waals surface area contributed by atoms with Crippen molar-refractivity contribution in [2.75, 3.05) is 13.2 Å². The first-order valence-corrected chi connectivity index (χ1v) is 32.0. The highest BCUT2D eigenvalue weighted by Crippen LogP contribution is 2.26. The van der Waals surface area contributed by atoms with Gasteiger partial charge in [0.05, 0.1) is 25.4 Å². The Morgan fingerprint density at radius 1 is 0.519 bits per heavy atom. The van der Waals surface area contributed by atoms with Crippen molar-refractivity contribution >= 4 is 11.9 Å². The Balaban J connectivity index is 2.56. The molecule has 0 spiro atoms. The monoisotopic (exact) mass is 1110 g/mol. The molecule has 0 aromatic carbocycles. The largest absolute Gasteiger partial charge is 0.454 e. The molecule has 1 aliphatic rings. The smallest absolute Gasteiger partial charge is 0.306 e. The lowest BCUT2D eigenvalue weighted by atomic mass is 9.99. The van der Waals surface area contributed by atoms with Crippen LogP contribution in [-0.2, 0) is 23.8 Å². The molecule has 11 nitrogen and oxygen atoms in total. The van der Waals surface area contributed by atoms with Crippen molar-refractivity contribution in [1.29, 1.82) is 0 Å². The highest BCUT2D eigenvalue weighted by molar-refractivity contribution is 5.80. The van der Waals surface area contributed by atoms with Crippen molar-refractivity contribution in [3.05, 3.63) is 97.2 Å². The van der Waals surface area contributed by atoms with Crippen LogP contribution in [-0.4, -0.2) is 99.6 Å². The van der Waals surface area contributed by atoms with Crippen molar-refractivity contribution < 1.29 is 49.3 Å². The molecule has 1 saturated heterocycles. The minimum absolute atomic E-state index is 0.113. The molecular formula is C68H117NO10. The predicted octanol–water partition coefficient (Wildman–Crippen LogP) is 15.5. The van der Waals surface area contributed by atoms with Gasteiger partial charge in [-0.15, -0.1) is 0 Å². The van der Waals surface area contributed by atoms with Crippen LogP contribution in [0.1, 0.15) is 258 Å². The summed E-state index contributed by atoms with van der Waals surface area (Å²) in [6.07, 6.45) is 63.2. The fourth-order valence-electron chi connectivity index (χ4n) is 9.46. The van der Waals surface area contributed by atoms with Gasteiger partial charge >= 0.3 is 5.97 Å². The highest BCUT2D eigenvalue weighted by atomic mass is 16.7. The van der Waals surface area contributed by atoms with Gasteiger partial charge < -0.3 is 45.1 Å². The van der Waals surface area contributed by atoms with Crippen LogP contribution in [0.5, 0.6) is 0 Å². The molecule has 0 aromatic rings. The normalized spacial score (nSPS) is 19.5. The van der Waals surface area contributed by atoms with Crippen molar-refractivity contribution in [2.45, 2.75) is 307 Å². The van der Waals surface area contributed by atoms with E-state index in [1.807, 2.05) is 30.4 Å². The number of unbranched alkanes of at least 4 members (excludes halogenated alkanes) is 27. The number of hydrogen-bond donors (Lipinski definition) is 6. The summed E-state index contributed by atoms with van der Waals surface area (Å²) in [6.45, 7) is 5.59. The third-order valence-corrected chi connectivity index (χ3v) is 14.5. The third kappa shape index (κ3) is 43.0. The van der Waals surface area contributed by atoms with Gasteiger partial charge in [0.1, 0.15) is 24.4 Å². The molecule has 79 heavy (non-hydrogen) atoms. The van der Waals surface area contributed by atoms with Crippen LogP contribution < -0.4 is 5.32 Å². The average molecular weight is 1110 g/mol. The van der Waals surface area contributed by atoms with E-state index in [-0.39, 0.29) is 19.4 Å². The maximum absolute atomic E-state index is 13.4. The molecule has 6 N–H and O–H groups in total. The van der Waals surface area contributed by atoms with E-state index >= 15 is 0 Å². The summed E-state index contributed by atoms with van der Waals surface area (Å²) in [5.74, 6) is -1.22. The second-order valence-corrected chi connectivity index (χ2v) is 21.8. The van der Waals surface area contributed by atoms with E-state index < -0.39 is 67.4 Å². The van der Waals surface area contributed by atoms with Crippen LogP contribution in [0.4, 0.5) is 0 Å². The van der Waals surface area contributed by atoms with Gasteiger partial charge in [-0.2, -0.15) is 0 Å². The highest BCUT2D eigenvalue weighted by Gasteiger charge is 2.47. The second kappa shape index (κ2) is 55.1. The van der Waals surface area contributed by atoms with E-state index in [9.17, 15) is 35.1 Å². The Labute approximate surface area is 482 Å². The summed E-state index contributed by atoms with van der Waals surface area (Å²) in [6, 6.07) is -1.04. The van der Waals surface area contributed by atoms with Crippen LogP contribution in [0.15, 0.2) is 97.2 Å². The Bertz CT molecular complexity index is 1650. The lowest BCUT2D eigenvalue weighted by Crippen LogP contribution is -2.61. The van der Waals surface area contributed by atoms with E-state index in [2.05, 4.69) is 86.8 Å². The third-order valence-electron chi connectivity index (χ3n) is 14.5. The molecule has 0 radical (unpaired) electrons. The lowest BCUT2D eigenvalue weighted by molar-refractivity contribution is -0.305. The number of ether oxygens (including phenoxy) is 3. The molecule has 0 aliphatic carbocycles. The number of aliphatic hydroxyl groups excluding tert-OH is 5. The van der Waals surface area contributed by atoms with Gasteiger partial charge in [0, 0.05) is 6.42 Å². The van der Waals surface area contributed by atoms with Crippen LogP contribution in [0.3, 0.4) is 0 Å². The minimum Gasteiger partial charge on any atom is -0.454 e. The Morgan fingerprint density at radius 2 is 0.962 bits per heavy atom. The summed E-state index contributed by atoms with van der Waals surface area (Å²) in [7, 11) is 0. The summed E-state index contributed by atoms with van der Waals surface area (Å²) >= 11 is 0. The Morgan fingerprint density at radius 3 is 1.49 bits per heavy atom. The average Bonchev–Trinajstić information content (AvgIpc) is 3.44. The maximum atomic E-state index is 13.4. The van der Waals surface area contributed by atoms with Gasteiger partial charge in [0.15, 0.2) is 12.4 Å². The number of esters is 1. The molecule has 8 unspecified atom stereocenters. The van der Waals surface area contributed by atoms with Crippen molar-refractivity contribution in [2.24, 2.45) is 0 Å². The zero-order valence-electron chi connectivity index (χ0n) is 50.2. The first-order chi connectivity index (χ1) is 38.7. The van der Waals surface area contributed by atoms with Crippen LogP contribution in [0, 0.1) is 0 Å². The topological polar surface area (TPSA) is 175 Å². The van der Waals surface area contributed by atoms with E-state index in [1.165, 1.54) is 109 Å². The minimum atomic E-state index is -1.62. The Kier molecular flexibility index (Phi) is 51.4. The first kappa shape index (κ1) is 73.6. The molecule has 0 aromatic heterocycles. The van der Waals surface area contributed by atoms with E-state index in [0.717, 1.165) is 103 Å². The SMILES string of the molecule is CC/C=C/C=C/C=C\CCCCCCC(O)C(=O)NC(COC1OC(CO)C(O)C(O)C1OC(=O)CCCCCCCCCCCCC/C=C\C/C=C\C/C=C\C/C=C\CCCCC)C(O)/C=C/CCCCCCCCCCC. The molecule has 11 heteroatoms. The quantitative estimate of drug-likeness (QED) is 0.0149. The van der Waals surface area contributed by atoms with Gasteiger partial charge in [0.2, 0.25) is 5.91 Å². The van der Waals surface area contributed by atoms with E-state index in [1.54, 1.807) is 6.08 Å². The number of nitrogens with one attached hydrogen (secondary N) is 1. The number of allylic oxidation sites excluding steroid dienone is 15. The molecule has 454 valence electrons. The molecule has 1 rings (SSSR count). The molecule has 1 heterocycles. The van der Waals surface area contributed by atoms with Gasteiger partial charge in [-0.25, -0.2) is 0 Å². The molecule has 8 atom stereocenters. The molecule has 1 aliphatic heterocycles. The van der Waals surface area contributed by atoms with Crippen molar-refractivity contribution in [3.8, 4) is 0 Å². The van der Waals surface area contributed by atoms with Crippen LogP contribution in [0.25, 0.3) is 0 Å². The zero-order valence-corrected chi connectivity index (χ0v) is 50.2. The van der Waals surface area contributed by atoms with Gasteiger partial charge in [-0.3, -0.25) is 9.59 Å². The summed E-state index contributed by atoms with van der Waals surface area (Å²) in [4.78, 5) is 26.5. The van der Waals surface area contributed by atoms with Gasteiger partial charge in [-0.05, 0) is 89.9 Å². The first-order valence-electron chi connectivity index (χ1n) is 32.0. The van der Waals surface area contributed by atoms with Gasteiger partial charge in [0.25, 0.3) is 0 Å². The number of rotatable bonds is 53. The summed E-state index contributed by atoms with van der Waals surface area (Å²) in [5, 5.41) is 56.9. The lowest BCUT2D eigenvalue weighted by Gasteiger charge is -2.41. The fourth-order valence-corrected chi connectivity index (χ4v) is 9.46. The molecule has 0 saturated carbocycles. The maximum Gasteiger partial charge on any atom is 0.306 e. The molecular weight excluding hydrogens is 991 g/mol. The fraction of sp³-hybridized carbons (Fsp3) is 0.735. The molecule has 0 bridgehead atoms. The number of aliphatic hydroxyl groups is 5. The number of carbonyl (C=O) groups is 2. The van der Waals surface area contributed by atoms with E-state index in [4.69, 9.17) is 14.2 Å². The second-order valence-electron chi connectivity index (χ2n) is 21.8. The summed E-state index contributed by atoms with van der Waals surface area (Å²) < 4.78 is 17.6. The standard InChI is InChI=1S/C68H117NO10/c1-4-7-10-13-16-19-22-24-25-26-27-28-29-30-31-32-33-34-35-36-37-38-41-44-47-50-53-56-63(73)79-66-65(75)64(74)62(57-70)78-68(66)77-58-59(60(71)54-51-48-45-42-39-21-18-15-12-9-6-3)69-67(76)61(72)55-52-49-46-43-40-23-20-17-14-11-8-5-2/h8,11,14,16-17,19-20,23-25,27-28,30-31,51,54,59-62,64-66,68,70-72,74-75H,4-7,9-10,12-13,15,18,21-22,26,29,32-50,52-53,55-58H2,1-3H3,(H,69,76)/b11-8+,17-14+,19-16-,23-20-,25-24-,28-27-,31-30-,54-51+.